The number of hydrogen-bond acceptors (Lipinski definition) is 7. The van der Waals surface area contributed by atoms with Crippen molar-refractivity contribution in [2.24, 2.45) is 5.92 Å². The van der Waals surface area contributed by atoms with Crippen LogP contribution in [-0.2, 0) is 9.59 Å². The van der Waals surface area contributed by atoms with Gasteiger partial charge in [-0.15, -0.1) is 10.2 Å². The van der Waals surface area contributed by atoms with Crippen molar-refractivity contribution >= 4 is 33.9 Å². The first-order valence-corrected chi connectivity index (χ1v) is 8.79. The zero-order valence-corrected chi connectivity index (χ0v) is 14.8. The highest BCUT2D eigenvalue weighted by atomic mass is 32.1. The fourth-order valence-corrected chi connectivity index (χ4v) is 3.82. The Balaban J connectivity index is 1.86. The van der Waals surface area contributed by atoms with Gasteiger partial charge in [0.15, 0.2) is 5.76 Å². The molecule has 3 heterocycles. The molecular formula is C18H12FN3O4S. The molecule has 0 saturated carbocycles. The van der Waals surface area contributed by atoms with Crippen LogP contribution in [0.15, 0.2) is 47.1 Å². The molecule has 7 nitrogen and oxygen atoms in total. The lowest BCUT2D eigenvalue weighted by Crippen LogP contribution is -2.30. The number of carbonyl (C=O) groups excluding carboxylic acids is 3. The smallest absolute Gasteiger partial charge is 0.297 e. The van der Waals surface area contributed by atoms with E-state index >= 15 is 0 Å². The van der Waals surface area contributed by atoms with Crippen LogP contribution < -0.4 is 4.90 Å². The number of rotatable bonds is 4. The van der Waals surface area contributed by atoms with Crippen LogP contribution in [0.25, 0.3) is 0 Å². The quantitative estimate of drug-likeness (QED) is 0.389. The van der Waals surface area contributed by atoms with Crippen LogP contribution in [-0.4, -0.2) is 27.7 Å². The minimum atomic E-state index is -1.32. The van der Waals surface area contributed by atoms with Crippen LogP contribution in [0.5, 0.6) is 0 Å². The Morgan fingerprint density at radius 2 is 1.93 bits per heavy atom. The highest BCUT2D eigenvalue weighted by Crippen LogP contribution is 2.42. The average Bonchev–Trinajstić information content (AvgIpc) is 3.37. The highest BCUT2D eigenvalue weighted by molar-refractivity contribution is 7.15. The minimum absolute atomic E-state index is 0.0245. The Hall–Kier alpha value is -3.20. The largest absolute Gasteiger partial charge is 0.461 e. The van der Waals surface area contributed by atoms with Gasteiger partial charge in [-0.3, -0.25) is 19.3 Å². The first kappa shape index (κ1) is 17.2. The Bertz CT molecular complexity index is 1030. The van der Waals surface area contributed by atoms with Crippen molar-refractivity contribution < 1.29 is 23.2 Å². The second kappa shape index (κ2) is 6.51. The van der Waals surface area contributed by atoms with E-state index in [0.717, 1.165) is 16.2 Å². The molecule has 3 aromatic rings. The van der Waals surface area contributed by atoms with E-state index in [1.165, 1.54) is 42.7 Å². The monoisotopic (exact) mass is 385 g/mol. The molecule has 1 aliphatic rings. The first-order valence-electron chi connectivity index (χ1n) is 7.98. The van der Waals surface area contributed by atoms with Gasteiger partial charge < -0.3 is 4.42 Å². The van der Waals surface area contributed by atoms with Crippen molar-refractivity contribution in [3.8, 4) is 0 Å². The van der Waals surface area contributed by atoms with Crippen molar-refractivity contribution in [2.45, 2.75) is 13.0 Å². The summed E-state index contributed by atoms with van der Waals surface area (Å²) in [6.45, 7) is 1.71. The van der Waals surface area contributed by atoms with E-state index in [-0.39, 0.29) is 10.9 Å². The summed E-state index contributed by atoms with van der Waals surface area (Å²) < 4.78 is 18.5. The lowest BCUT2D eigenvalue weighted by atomic mass is 9.88. The van der Waals surface area contributed by atoms with E-state index in [4.69, 9.17) is 4.42 Å². The zero-order chi connectivity index (χ0) is 19.1. The molecule has 0 aliphatic carbocycles. The molecule has 136 valence electrons. The molecule has 1 saturated heterocycles. The minimum Gasteiger partial charge on any atom is -0.461 e. The molecule has 0 N–H and O–H groups in total. The molecule has 2 atom stereocenters. The number of amides is 1. The molecule has 1 aromatic carbocycles. The molecule has 0 spiro atoms. The number of ketones is 2. The van der Waals surface area contributed by atoms with Crippen molar-refractivity contribution in [3.05, 3.63) is 64.8 Å². The van der Waals surface area contributed by atoms with Gasteiger partial charge in [-0.05, 0) is 36.8 Å². The summed E-state index contributed by atoms with van der Waals surface area (Å²) in [5, 5.41) is 8.63. The van der Waals surface area contributed by atoms with Crippen LogP contribution >= 0.6 is 11.3 Å². The Morgan fingerprint density at radius 3 is 2.52 bits per heavy atom. The van der Waals surface area contributed by atoms with Crippen molar-refractivity contribution in [3.63, 3.8) is 0 Å². The summed E-state index contributed by atoms with van der Waals surface area (Å²) in [5.74, 6) is -4.15. The van der Waals surface area contributed by atoms with E-state index in [0.29, 0.717) is 10.6 Å². The standard InChI is InChI=1S/C18H12FN3O4S/c1-9-20-21-18(27-9)22-14(10-4-6-11(19)7-5-10)13(16(24)17(22)25)15(23)12-3-2-8-26-12/h2-8,13-14H,1H3. The lowest BCUT2D eigenvalue weighted by molar-refractivity contribution is -0.135. The lowest BCUT2D eigenvalue weighted by Gasteiger charge is -2.24. The van der Waals surface area contributed by atoms with Crippen LogP contribution in [0.2, 0.25) is 0 Å². The predicted octanol–water partition coefficient (Wildman–Crippen LogP) is 2.73. The summed E-state index contributed by atoms with van der Waals surface area (Å²) in [7, 11) is 0. The Labute approximate surface area is 156 Å². The predicted molar refractivity (Wildman–Crippen MR) is 92.8 cm³/mol. The molecule has 4 rings (SSSR count). The third-order valence-electron chi connectivity index (χ3n) is 4.29. The maximum Gasteiger partial charge on any atom is 0.297 e. The molecule has 2 aromatic heterocycles. The zero-order valence-electron chi connectivity index (χ0n) is 14.0. The number of carbonyl (C=O) groups is 3. The number of aromatic nitrogens is 2. The molecule has 1 aliphatic heterocycles. The van der Waals surface area contributed by atoms with Gasteiger partial charge in [-0.1, -0.05) is 23.5 Å². The van der Waals surface area contributed by atoms with Crippen molar-refractivity contribution in [1.29, 1.82) is 0 Å². The number of aryl methyl sites for hydroxylation is 1. The molecule has 2 unspecified atom stereocenters. The summed E-state index contributed by atoms with van der Waals surface area (Å²) in [5.41, 5.74) is 0.438. The average molecular weight is 385 g/mol. The maximum atomic E-state index is 13.4. The fourth-order valence-electron chi connectivity index (χ4n) is 3.10. The number of halogens is 1. The topological polar surface area (TPSA) is 93.4 Å². The second-order valence-electron chi connectivity index (χ2n) is 5.96. The molecule has 0 bridgehead atoms. The first-order chi connectivity index (χ1) is 13.0. The second-order valence-corrected chi connectivity index (χ2v) is 7.12. The fraction of sp³-hybridized carbons (Fsp3) is 0.167. The van der Waals surface area contributed by atoms with Gasteiger partial charge >= 0.3 is 0 Å². The van der Waals surface area contributed by atoms with Crippen LogP contribution in [0.4, 0.5) is 9.52 Å². The van der Waals surface area contributed by atoms with Crippen LogP contribution in [0.1, 0.15) is 27.2 Å². The molecule has 1 amide bonds. The van der Waals surface area contributed by atoms with E-state index < -0.39 is 35.3 Å². The summed E-state index contributed by atoms with van der Waals surface area (Å²) in [4.78, 5) is 39.5. The SMILES string of the molecule is Cc1nnc(N2C(=O)C(=O)C(C(=O)c3ccco3)C2c2ccc(F)cc2)s1. The number of nitrogens with zero attached hydrogens (tertiary/aromatic N) is 3. The van der Waals surface area contributed by atoms with Gasteiger partial charge in [0.2, 0.25) is 16.7 Å². The van der Waals surface area contributed by atoms with Crippen molar-refractivity contribution in [2.75, 3.05) is 4.90 Å². The number of anilines is 1. The van der Waals surface area contributed by atoms with Gasteiger partial charge in [0.25, 0.3) is 5.91 Å². The van der Waals surface area contributed by atoms with Gasteiger partial charge in [0, 0.05) is 0 Å². The number of benzene rings is 1. The summed E-state index contributed by atoms with van der Waals surface area (Å²) >= 11 is 1.13. The van der Waals surface area contributed by atoms with Gasteiger partial charge in [0.1, 0.15) is 16.7 Å². The Kier molecular flexibility index (Phi) is 4.15. The number of hydrogen-bond donors (Lipinski definition) is 0. The molecule has 9 heteroatoms. The number of furan rings is 1. The molecule has 1 fully saturated rings. The van der Waals surface area contributed by atoms with Crippen molar-refractivity contribution in [1.82, 2.24) is 10.2 Å². The maximum absolute atomic E-state index is 13.4. The van der Waals surface area contributed by atoms with Gasteiger partial charge in [-0.25, -0.2) is 4.39 Å². The normalized spacial score (nSPS) is 19.7. The van der Waals surface area contributed by atoms with E-state index in [9.17, 15) is 18.8 Å². The molecular weight excluding hydrogens is 373 g/mol. The van der Waals surface area contributed by atoms with E-state index in [2.05, 4.69) is 10.2 Å². The Morgan fingerprint density at radius 1 is 1.19 bits per heavy atom. The van der Waals surface area contributed by atoms with Gasteiger partial charge in [-0.2, -0.15) is 0 Å². The number of Topliss-reactive ketones (excluding diaryl/α,β-unsaturated/α-hetero) is 2. The van der Waals surface area contributed by atoms with Gasteiger partial charge in [0.05, 0.1) is 12.3 Å². The van der Waals surface area contributed by atoms with Crippen LogP contribution in [0, 0.1) is 18.7 Å². The third-order valence-corrected chi connectivity index (χ3v) is 5.12. The summed E-state index contributed by atoms with van der Waals surface area (Å²) in [6.07, 6.45) is 1.31. The van der Waals surface area contributed by atoms with E-state index in [1.807, 2.05) is 0 Å². The molecule has 27 heavy (non-hydrogen) atoms. The molecule has 0 radical (unpaired) electrons. The third kappa shape index (κ3) is 2.85. The van der Waals surface area contributed by atoms with E-state index in [1.54, 1.807) is 6.92 Å². The van der Waals surface area contributed by atoms with Crippen LogP contribution in [0.3, 0.4) is 0 Å². The summed E-state index contributed by atoms with van der Waals surface area (Å²) in [6, 6.07) is 7.29. The highest BCUT2D eigenvalue weighted by Gasteiger charge is 2.53.